The van der Waals surface area contributed by atoms with Gasteiger partial charge in [0, 0.05) is 36.2 Å². The first kappa shape index (κ1) is 23.0. The number of rotatable bonds is 6. The maximum Gasteiger partial charge on any atom is 0.262 e. The second-order valence-electron chi connectivity index (χ2n) is 8.75. The maximum atomic E-state index is 12.9. The third kappa shape index (κ3) is 5.45. The van der Waals surface area contributed by atoms with Gasteiger partial charge >= 0.3 is 0 Å². The van der Waals surface area contributed by atoms with Gasteiger partial charge in [-0.05, 0) is 94.0 Å². The summed E-state index contributed by atoms with van der Waals surface area (Å²) in [5, 5.41) is 3.24. The predicted molar refractivity (Wildman–Crippen MR) is 134 cm³/mol. The second kappa shape index (κ2) is 9.39. The van der Waals surface area contributed by atoms with E-state index in [1.165, 1.54) is 19.3 Å². The Hall–Kier alpha value is -3.13. The zero-order valence-corrected chi connectivity index (χ0v) is 20.5. The van der Waals surface area contributed by atoms with E-state index in [1.54, 1.807) is 18.2 Å². The molecule has 8 heteroatoms. The van der Waals surface area contributed by atoms with E-state index in [9.17, 15) is 8.42 Å². The highest BCUT2D eigenvalue weighted by Gasteiger charge is 2.18. The molecule has 0 bridgehead atoms. The van der Waals surface area contributed by atoms with Crippen LogP contribution in [0.3, 0.4) is 0 Å². The average Bonchev–Trinajstić information content (AvgIpc) is 2.77. The SMILES string of the molecule is Cc1cc(N2CCCCC2)nc(Nc2ccc(NS(=O)(=O)c3cc(C)c(C)cc3C)cc2)n1. The highest BCUT2D eigenvalue weighted by Crippen LogP contribution is 2.25. The van der Waals surface area contributed by atoms with Crippen LogP contribution in [0.1, 0.15) is 41.6 Å². The first-order valence-electron chi connectivity index (χ1n) is 11.3. The minimum atomic E-state index is -3.68. The van der Waals surface area contributed by atoms with Crippen LogP contribution in [-0.2, 0) is 10.0 Å². The fourth-order valence-corrected chi connectivity index (χ4v) is 5.45. The van der Waals surface area contributed by atoms with Gasteiger partial charge in [-0.2, -0.15) is 4.98 Å². The Kier molecular flexibility index (Phi) is 6.56. The molecule has 0 atom stereocenters. The molecule has 4 rings (SSSR count). The van der Waals surface area contributed by atoms with Crippen molar-refractivity contribution in [2.45, 2.75) is 51.9 Å². The molecule has 0 unspecified atom stereocenters. The normalized spacial score (nSPS) is 14.2. The number of sulfonamides is 1. The summed E-state index contributed by atoms with van der Waals surface area (Å²) in [7, 11) is -3.68. The van der Waals surface area contributed by atoms with Crippen molar-refractivity contribution >= 4 is 33.2 Å². The van der Waals surface area contributed by atoms with E-state index in [4.69, 9.17) is 4.98 Å². The van der Waals surface area contributed by atoms with Crippen molar-refractivity contribution in [2.24, 2.45) is 0 Å². The molecule has 33 heavy (non-hydrogen) atoms. The summed E-state index contributed by atoms with van der Waals surface area (Å²) in [4.78, 5) is 11.8. The van der Waals surface area contributed by atoms with Crippen LogP contribution in [-0.4, -0.2) is 31.5 Å². The first-order chi connectivity index (χ1) is 15.7. The number of piperidine rings is 1. The molecule has 3 aromatic rings. The molecule has 1 aromatic heterocycles. The molecule has 0 aliphatic carbocycles. The van der Waals surface area contributed by atoms with E-state index in [0.717, 1.165) is 47.0 Å². The smallest absolute Gasteiger partial charge is 0.262 e. The van der Waals surface area contributed by atoms with Gasteiger partial charge in [-0.15, -0.1) is 0 Å². The summed E-state index contributed by atoms with van der Waals surface area (Å²) < 4.78 is 28.6. The predicted octanol–water partition coefficient (Wildman–Crippen LogP) is 5.24. The Morgan fingerprint density at radius 3 is 2.12 bits per heavy atom. The lowest BCUT2D eigenvalue weighted by Gasteiger charge is -2.28. The van der Waals surface area contributed by atoms with Gasteiger partial charge in [0.25, 0.3) is 10.0 Å². The Morgan fingerprint density at radius 2 is 1.42 bits per heavy atom. The number of anilines is 4. The Morgan fingerprint density at radius 1 is 0.788 bits per heavy atom. The van der Waals surface area contributed by atoms with Crippen LogP contribution in [0.5, 0.6) is 0 Å². The lowest BCUT2D eigenvalue weighted by atomic mass is 10.1. The lowest BCUT2D eigenvalue weighted by Crippen LogP contribution is -2.30. The van der Waals surface area contributed by atoms with Gasteiger partial charge in [-0.3, -0.25) is 4.72 Å². The fraction of sp³-hybridized carbons (Fsp3) is 0.360. The molecular weight excluding hydrogens is 434 g/mol. The van der Waals surface area contributed by atoms with Gasteiger partial charge in [-0.25, -0.2) is 13.4 Å². The second-order valence-corrected chi connectivity index (χ2v) is 10.4. The molecule has 7 nitrogen and oxygen atoms in total. The molecule has 0 spiro atoms. The van der Waals surface area contributed by atoms with Crippen LogP contribution in [0.15, 0.2) is 47.4 Å². The van der Waals surface area contributed by atoms with E-state index in [0.29, 0.717) is 16.5 Å². The number of hydrogen-bond donors (Lipinski definition) is 2. The highest BCUT2D eigenvalue weighted by molar-refractivity contribution is 7.92. The molecule has 1 fully saturated rings. The zero-order chi connectivity index (χ0) is 23.6. The van der Waals surface area contributed by atoms with Crippen LogP contribution < -0.4 is 14.9 Å². The molecule has 2 aromatic carbocycles. The Balaban J connectivity index is 1.49. The van der Waals surface area contributed by atoms with E-state index in [-0.39, 0.29) is 0 Å². The molecule has 1 aliphatic rings. The average molecular weight is 466 g/mol. The molecule has 1 saturated heterocycles. The fourth-order valence-electron chi connectivity index (χ4n) is 4.08. The van der Waals surface area contributed by atoms with E-state index < -0.39 is 10.0 Å². The summed E-state index contributed by atoms with van der Waals surface area (Å²) in [6.45, 7) is 9.71. The van der Waals surface area contributed by atoms with E-state index in [1.807, 2.05) is 52.0 Å². The monoisotopic (exact) mass is 465 g/mol. The van der Waals surface area contributed by atoms with Gasteiger partial charge < -0.3 is 10.2 Å². The van der Waals surface area contributed by atoms with Crippen LogP contribution >= 0.6 is 0 Å². The largest absolute Gasteiger partial charge is 0.356 e. The third-order valence-electron chi connectivity index (χ3n) is 5.99. The molecule has 2 N–H and O–H groups in total. The van der Waals surface area contributed by atoms with Crippen LogP contribution in [0.2, 0.25) is 0 Å². The minimum Gasteiger partial charge on any atom is -0.356 e. The summed E-state index contributed by atoms with van der Waals surface area (Å²) in [6, 6.07) is 12.7. The van der Waals surface area contributed by atoms with Crippen molar-refractivity contribution in [3.63, 3.8) is 0 Å². The van der Waals surface area contributed by atoms with Crippen molar-refractivity contribution in [1.82, 2.24) is 9.97 Å². The van der Waals surface area contributed by atoms with Gasteiger partial charge in [-0.1, -0.05) is 6.07 Å². The van der Waals surface area contributed by atoms with Gasteiger partial charge in [0.2, 0.25) is 5.95 Å². The molecule has 0 saturated carbocycles. The zero-order valence-electron chi connectivity index (χ0n) is 19.6. The van der Waals surface area contributed by atoms with Crippen molar-refractivity contribution < 1.29 is 8.42 Å². The molecule has 0 amide bonds. The van der Waals surface area contributed by atoms with Crippen LogP contribution in [0.25, 0.3) is 0 Å². The van der Waals surface area contributed by atoms with Crippen molar-refractivity contribution in [3.05, 3.63) is 64.8 Å². The summed E-state index contributed by atoms with van der Waals surface area (Å²) in [5.74, 6) is 1.48. The highest BCUT2D eigenvalue weighted by atomic mass is 32.2. The first-order valence-corrected chi connectivity index (χ1v) is 12.8. The third-order valence-corrected chi connectivity index (χ3v) is 7.52. The van der Waals surface area contributed by atoms with Crippen LogP contribution in [0, 0.1) is 27.7 Å². The van der Waals surface area contributed by atoms with Gasteiger partial charge in [0.05, 0.1) is 4.90 Å². The van der Waals surface area contributed by atoms with Crippen molar-refractivity contribution in [1.29, 1.82) is 0 Å². The number of aromatic nitrogens is 2. The van der Waals surface area contributed by atoms with Gasteiger partial charge in [0.1, 0.15) is 5.82 Å². The maximum absolute atomic E-state index is 12.9. The number of hydrogen-bond acceptors (Lipinski definition) is 6. The quantitative estimate of drug-likeness (QED) is 0.517. The summed E-state index contributed by atoms with van der Waals surface area (Å²) in [6.07, 6.45) is 3.64. The molecular formula is C25H31N5O2S. The van der Waals surface area contributed by atoms with Crippen molar-refractivity contribution in [2.75, 3.05) is 28.0 Å². The lowest BCUT2D eigenvalue weighted by molar-refractivity contribution is 0.573. The summed E-state index contributed by atoms with van der Waals surface area (Å²) in [5.41, 5.74) is 4.94. The topological polar surface area (TPSA) is 87.2 Å². The van der Waals surface area contributed by atoms with Crippen molar-refractivity contribution in [3.8, 4) is 0 Å². The minimum absolute atomic E-state index is 0.297. The number of nitrogens with zero attached hydrogens (tertiary/aromatic N) is 3. The van der Waals surface area contributed by atoms with Crippen LogP contribution in [0.4, 0.5) is 23.1 Å². The summed E-state index contributed by atoms with van der Waals surface area (Å²) >= 11 is 0. The number of benzene rings is 2. The number of nitrogens with one attached hydrogen (secondary N) is 2. The number of aryl methyl sites for hydroxylation is 4. The molecule has 174 valence electrons. The molecule has 0 radical (unpaired) electrons. The molecule has 2 heterocycles. The van der Waals surface area contributed by atoms with E-state index in [2.05, 4.69) is 19.9 Å². The Labute approximate surface area is 196 Å². The standard InChI is InChI=1S/C25H31N5O2S/c1-17-14-19(3)23(15-18(17)2)33(31,32)29-22-10-8-21(9-11-22)27-25-26-20(4)16-24(28-25)30-12-6-5-7-13-30/h8-11,14-16,29H,5-7,12-13H2,1-4H3,(H,26,27,28). The van der Waals surface area contributed by atoms with E-state index >= 15 is 0 Å². The molecule has 1 aliphatic heterocycles. The van der Waals surface area contributed by atoms with Gasteiger partial charge in [0.15, 0.2) is 0 Å². The Bertz CT molecular complexity index is 1250.